The molecule has 0 aliphatic carbocycles. The largest absolute Gasteiger partial charge is 0.480 e. The lowest BCUT2D eigenvalue weighted by Crippen LogP contribution is -2.53. The van der Waals surface area contributed by atoms with E-state index in [1.54, 1.807) is 116 Å². The lowest BCUT2D eigenvalue weighted by Gasteiger charge is -2.24. The van der Waals surface area contributed by atoms with Crippen LogP contribution in [0.2, 0.25) is 15.1 Å². The van der Waals surface area contributed by atoms with Crippen molar-refractivity contribution < 1.29 is 61.4 Å². The predicted molar refractivity (Wildman–Crippen MR) is 398 cm³/mol. The second-order valence-corrected chi connectivity index (χ2v) is 26.7. The zero-order chi connectivity index (χ0) is 78.2. The number of aryl methyl sites for hydroxylation is 5. The fourth-order valence-corrected chi connectivity index (χ4v) is 10.8. The number of carboxylic acid groups (broad SMARTS) is 1. The minimum atomic E-state index is -5.15. The normalized spacial score (nSPS) is 12.7. The van der Waals surface area contributed by atoms with E-state index in [2.05, 4.69) is 51.5 Å². The third-order valence-electron chi connectivity index (χ3n) is 16.0. The number of carbonyl (C=O) groups is 8. The molecule has 3 heterocycles. The van der Waals surface area contributed by atoms with Gasteiger partial charge in [0, 0.05) is 34.5 Å². The zero-order valence-electron chi connectivity index (χ0n) is 59.6. The molecule has 10 N–H and O–H groups in total. The number of rotatable bonds is 30. The van der Waals surface area contributed by atoms with Gasteiger partial charge < -0.3 is 47.9 Å². The van der Waals surface area contributed by atoms with E-state index in [9.17, 15) is 51.5 Å². The lowest BCUT2D eigenvalue weighted by atomic mass is 10.0. The summed E-state index contributed by atoms with van der Waals surface area (Å²) in [4.78, 5) is 109. The zero-order valence-corrected chi connectivity index (χ0v) is 61.9. The first-order valence-electron chi connectivity index (χ1n) is 33.9. The quantitative estimate of drug-likeness (QED) is 0.0207. The number of alkyl halides is 3. The second kappa shape index (κ2) is 42.4. The van der Waals surface area contributed by atoms with E-state index in [1.807, 2.05) is 84.9 Å². The molecule has 0 aliphatic heterocycles. The van der Waals surface area contributed by atoms with Crippen LogP contribution in [0.3, 0.4) is 0 Å². The number of aliphatic carboxylic acids is 1. The second-order valence-electron chi connectivity index (χ2n) is 25.4. The Morgan fingerprint density at radius 3 is 1.20 bits per heavy atom. The SMILES string of the molecule is C[C@H](NC(=O)[C@@H](CCc1ccccc1)NC(=O)C(F)(F)F)C(=O)CCc1cc(Cl)ccc1-n1cncn1.C[C@H](NC(=O)[C@@H](CCc1ccccc1)NC(=O)OC(C)(C)C)C(=O)O.C[C@H](NC(=O)[C@H](N)CCc1ccccc1)C(=O)CCc1cc(Cl)ccc1-n1cncn1.NCc1cc(Cl)ccc1-n1cncn1. The number of nitrogens with two attached hydrogens (primary N) is 2. The van der Waals surface area contributed by atoms with Gasteiger partial charge in [-0.3, -0.25) is 33.6 Å². The first-order valence-corrected chi connectivity index (χ1v) is 35.1. The van der Waals surface area contributed by atoms with E-state index in [0.29, 0.717) is 59.4 Å². The van der Waals surface area contributed by atoms with Crippen molar-refractivity contribution in [2.24, 2.45) is 11.5 Å². The number of benzene rings is 6. The van der Waals surface area contributed by atoms with Gasteiger partial charge >= 0.3 is 24.1 Å². The summed E-state index contributed by atoms with van der Waals surface area (Å²) in [7, 11) is 0. The van der Waals surface area contributed by atoms with Crippen LogP contribution in [-0.4, -0.2) is 145 Å². The molecule has 0 spiro atoms. The molecule has 0 aliphatic rings. The summed E-state index contributed by atoms with van der Waals surface area (Å²) in [5.41, 5.74) is 18.8. The Bertz CT molecular complexity index is 4320. The van der Waals surface area contributed by atoms with E-state index in [0.717, 1.165) is 44.8 Å². The van der Waals surface area contributed by atoms with E-state index in [4.69, 9.17) is 56.1 Å². The highest BCUT2D eigenvalue weighted by molar-refractivity contribution is 6.31. The molecule has 0 unspecified atom stereocenters. The smallest absolute Gasteiger partial charge is 0.471 e. The monoisotopic (exact) mass is 1530 g/mol. The standard InChI is InChI=1S/C25H25ClF3N5O3.C23H26ClN5O2.C18H26N2O5.C9H9ClN4/c1-16(22(35)12-8-18-13-19(26)9-11-21(18)34-15-30-14-31-34)32-23(36)20(33-24(37)25(27,28)29)10-7-17-5-3-2-4-6-17;1-16(28-23(31)20(25)10-7-17-5-3-2-4-6-17)22(30)12-8-18-13-19(24)9-11-21(18)29-15-26-14-27-29;1-12(16(22)23)19-15(21)14(20-17(24)25-18(2,3)4)11-10-13-8-6-5-7-9-13;10-8-1-2-9(7(3-8)4-11)14-6-12-5-13-14/h2-6,9,11,13-16,20H,7-8,10,12H2,1H3,(H,32,36)(H,33,37);2-6,9,11,13-16,20H,7-8,10,12,25H2,1H3,(H,28,31);5-9,12,14H,10-11H2,1-4H3,(H,19,21)(H,20,24)(H,22,23);1-3,5-6H,4,11H2/t2*16-,20+;12-,14+;/m000./s1. The van der Waals surface area contributed by atoms with Crippen LogP contribution in [0.5, 0.6) is 0 Å². The highest BCUT2D eigenvalue weighted by Crippen LogP contribution is 2.24. The van der Waals surface area contributed by atoms with Gasteiger partial charge in [0.1, 0.15) is 61.7 Å². The molecule has 3 aromatic heterocycles. The van der Waals surface area contributed by atoms with E-state index < -0.39 is 77.8 Å². The van der Waals surface area contributed by atoms with Crippen molar-refractivity contribution in [1.82, 2.24) is 70.9 Å². The summed E-state index contributed by atoms with van der Waals surface area (Å²) in [6.07, 6.45) is 6.43. The first-order chi connectivity index (χ1) is 50.9. The average Bonchev–Trinajstić information content (AvgIpc) is 1.82. The Labute approximate surface area is 631 Å². The molecule has 9 rings (SSSR count). The summed E-state index contributed by atoms with van der Waals surface area (Å²) < 4.78 is 48.5. The van der Waals surface area contributed by atoms with Gasteiger partial charge in [-0.2, -0.15) is 28.5 Å². The van der Waals surface area contributed by atoms with Crippen molar-refractivity contribution in [2.75, 3.05) is 0 Å². The molecule has 6 atom stereocenters. The van der Waals surface area contributed by atoms with Crippen LogP contribution in [0.15, 0.2) is 184 Å². The minimum absolute atomic E-state index is 0.0209. The molecule has 26 nitrogen and oxygen atoms in total. The molecule has 0 fully saturated rings. The maximum absolute atomic E-state index is 12.8. The molecule has 6 aromatic carbocycles. The van der Waals surface area contributed by atoms with E-state index >= 15 is 0 Å². The summed E-state index contributed by atoms with van der Waals surface area (Å²) in [6, 6.07) is 38.5. The number of amides is 5. The molecule has 0 saturated carbocycles. The maximum atomic E-state index is 12.8. The molecule has 0 saturated heterocycles. The number of halogens is 6. The van der Waals surface area contributed by atoms with Crippen LogP contribution < -0.4 is 38.1 Å². The Morgan fingerprint density at radius 2 is 0.841 bits per heavy atom. The third kappa shape index (κ3) is 29.6. The molecule has 568 valence electrons. The fraction of sp³-hybridized carbons (Fsp3) is 0.333. The van der Waals surface area contributed by atoms with Crippen molar-refractivity contribution in [3.8, 4) is 17.1 Å². The molecular formula is C75H86Cl3F3N16O10. The van der Waals surface area contributed by atoms with Gasteiger partial charge in [-0.15, -0.1) is 0 Å². The number of Topliss-reactive ketones (excluding diaryl/α,β-unsaturated/α-hetero) is 2. The van der Waals surface area contributed by atoms with Crippen molar-refractivity contribution in [2.45, 2.75) is 160 Å². The number of hydrogen-bond donors (Lipinski definition) is 8. The van der Waals surface area contributed by atoms with Crippen LogP contribution in [-0.2, 0) is 76.9 Å². The Balaban J connectivity index is 0.000000233. The van der Waals surface area contributed by atoms with Gasteiger partial charge in [-0.1, -0.05) is 126 Å². The Hall–Kier alpha value is -10.7. The van der Waals surface area contributed by atoms with Crippen LogP contribution in [0.1, 0.15) is 107 Å². The van der Waals surface area contributed by atoms with Gasteiger partial charge in [0.2, 0.25) is 17.7 Å². The molecule has 107 heavy (non-hydrogen) atoms. The van der Waals surface area contributed by atoms with Crippen molar-refractivity contribution in [1.29, 1.82) is 0 Å². The Kier molecular flexibility index (Phi) is 33.8. The number of carbonyl (C=O) groups excluding carboxylic acids is 7. The Morgan fingerprint density at radius 1 is 0.486 bits per heavy atom. The predicted octanol–water partition coefficient (Wildman–Crippen LogP) is 9.98. The first kappa shape index (κ1) is 85.2. The molecular weight excluding hydrogens is 1450 g/mol. The van der Waals surface area contributed by atoms with Crippen molar-refractivity contribution >= 4 is 82.1 Å². The van der Waals surface area contributed by atoms with Gasteiger partial charge in [0.15, 0.2) is 11.6 Å². The van der Waals surface area contributed by atoms with Crippen LogP contribution in [0.4, 0.5) is 18.0 Å². The van der Waals surface area contributed by atoms with Gasteiger partial charge in [-0.25, -0.2) is 33.8 Å². The highest BCUT2D eigenvalue weighted by Gasteiger charge is 2.41. The van der Waals surface area contributed by atoms with Crippen molar-refractivity contribution in [3.63, 3.8) is 0 Å². The lowest BCUT2D eigenvalue weighted by molar-refractivity contribution is -0.174. The number of hydrogen-bond acceptors (Lipinski definition) is 17. The van der Waals surface area contributed by atoms with Gasteiger partial charge in [0.05, 0.1) is 35.2 Å². The van der Waals surface area contributed by atoms with E-state index in [1.165, 1.54) is 43.8 Å². The number of alkyl carbamates (subject to hydrolysis) is 1. The van der Waals surface area contributed by atoms with Crippen LogP contribution in [0.25, 0.3) is 17.1 Å². The summed E-state index contributed by atoms with van der Waals surface area (Å²) in [6.45, 7) is 10.1. The molecule has 9 aromatic rings. The minimum Gasteiger partial charge on any atom is -0.480 e. The topological polar surface area (TPSA) is 370 Å². The number of aromatic nitrogens is 9. The molecule has 0 bridgehead atoms. The summed E-state index contributed by atoms with van der Waals surface area (Å²) in [5, 5.41) is 34.7. The maximum Gasteiger partial charge on any atom is 0.471 e. The summed E-state index contributed by atoms with van der Waals surface area (Å²) >= 11 is 18.1. The van der Waals surface area contributed by atoms with Crippen molar-refractivity contribution in [3.05, 3.63) is 232 Å². The average molecular weight is 1530 g/mol. The molecule has 32 heteroatoms. The van der Waals surface area contributed by atoms with Gasteiger partial charge in [-0.05, 0) is 181 Å². The summed E-state index contributed by atoms with van der Waals surface area (Å²) in [5.74, 6) is -5.54. The van der Waals surface area contributed by atoms with E-state index in [-0.39, 0.29) is 49.6 Å². The van der Waals surface area contributed by atoms with Crippen LogP contribution >= 0.6 is 34.8 Å². The fourth-order valence-electron chi connectivity index (χ4n) is 10.3. The number of carboxylic acids is 1. The van der Waals surface area contributed by atoms with Crippen LogP contribution in [0, 0.1) is 0 Å². The number of nitrogens with zero attached hydrogens (tertiary/aromatic N) is 9. The van der Waals surface area contributed by atoms with Gasteiger partial charge in [0.25, 0.3) is 0 Å². The third-order valence-corrected chi connectivity index (χ3v) is 16.7. The number of ketones is 2. The molecule has 0 radical (unpaired) electrons. The number of nitrogens with one attached hydrogen (secondary N) is 5. The molecule has 5 amide bonds. The number of ether oxygens (including phenoxy) is 1. The highest BCUT2D eigenvalue weighted by atomic mass is 35.5.